The highest BCUT2D eigenvalue weighted by atomic mass is 35.5. The van der Waals surface area contributed by atoms with Gasteiger partial charge in [0.1, 0.15) is 5.82 Å². The summed E-state index contributed by atoms with van der Waals surface area (Å²) in [6.07, 6.45) is 1.39. The molecule has 0 fully saturated rings. The lowest BCUT2D eigenvalue weighted by molar-refractivity contribution is 0.1000. The van der Waals surface area contributed by atoms with Gasteiger partial charge < -0.3 is 20.5 Å². The standard InChI is InChI=1S/C15H14ClN3O3/c1-8(9-2-3-12-13(5-9)22-7-21-12)19-15-11(16)4-10(6-18-15)14(17)20/h2-6,8H,7H2,1H3,(H2,17,20)(H,18,19)/t8-/m1/s1. The van der Waals surface area contributed by atoms with Crippen LogP contribution in [0, 0.1) is 0 Å². The Hall–Kier alpha value is -2.47. The highest BCUT2D eigenvalue weighted by Crippen LogP contribution is 2.35. The Balaban J connectivity index is 1.79. The van der Waals surface area contributed by atoms with Gasteiger partial charge in [0, 0.05) is 6.20 Å². The number of primary amides is 1. The van der Waals surface area contributed by atoms with E-state index in [0.717, 1.165) is 11.3 Å². The molecule has 1 aliphatic heterocycles. The van der Waals surface area contributed by atoms with Gasteiger partial charge in [-0.1, -0.05) is 17.7 Å². The Morgan fingerprint density at radius 3 is 2.86 bits per heavy atom. The van der Waals surface area contributed by atoms with Crippen LogP contribution < -0.4 is 20.5 Å². The number of hydrogen-bond acceptors (Lipinski definition) is 5. The molecule has 2 heterocycles. The Bertz CT molecular complexity index is 736. The first-order chi connectivity index (χ1) is 10.5. The molecule has 0 saturated carbocycles. The van der Waals surface area contributed by atoms with Crippen LogP contribution in [0.15, 0.2) is 30.5 Å². The van der Waals surface area contributed by atoms with Gasteiger partial charge in [0.2, 0.25) is 12.7 Å². The molecule has 0 spiro atoms. The molecule has 0 unspecified atom stereocenters. The molecule has 0 aliphatic carbocycles. The van der Waals surface area contributed by atoms with Crippen LogP contribution in [-0.2, 0) is 0 Å². The number of halogens is 1. The Labute approximate surface area is 132 Å². The van der Waals surface area contributed by atoms with Crippen molar-refractivity contribution in [3.63, 3.8) is 0 Å². The third-order valence-corrected chi connectivity index (χ3v) is 3.66. The van der Waals surface area contributed by atoms with E-state index in [1.54, 1.807) is 0 Å². The summed E-state index contributed by atoms with van der Waals surface area (Å²) in [4.78, 5) is 15.2. The van der Waals surface area contributed by atoms with Crippen molar-refractivity contribution < 1.29 is 14.3 Å². The predicted octanol–water partition coefficient (Wildman–Crippen LogP) is 2.74. The molecule has 0 saturated heterocycles. The lowest BCUT2D eigenvalue weighted by Crippen LogP contribution is -2.13. The lowest BCUT2D eigenvalue weighted by atomic mass is 10.1. The zero-order chi connectivity index (χ0) is 15.7. The first-order valence-electron chi connectivity index (χ1n) is 6.66. The average Bonchev–Trinajstić information content (AvgIpc) is 2.96. The van der Waals surface area contributed by atoms with Gasteiger partial charge in [-0.3, -0.25) is 4.79 Å². The first-order valence-corrected chi connectivity index (χ1v) is 7.04. The monoisotopic (exact) mass is 319 g/mol. The van der Waals surface area contributed by atoms with Gasteiger partial charge in [-0.15, -0.1) is 0 Å². The molecule has 1 aromatic carbocycles. The third kappa shape index (κ3) is 2.78. The van der Waals surface area contributed by atoms with Crippen molar-refractivity contribution >= 4 is 23.3 Å². The van der Waals surface area contributed by atoms with Crippen LogP contribution >= 0.6 is 11.6 Å². The van der Waals surface area contributed by atoms with Crippen LogP contribution in [0.3, 0.4) is 0 Å². The molecular formula is C15H14ClN3O3. The number of nitrogens with two attached hydrogens (primary N) is 1. The minimum atomic E-state index is -0.565. The predicted molar refractivity (Wildman–Crippen MR) is 82.4 cm³/mol. The number of anilines is 1. The number of carbonyl (C=O) groups is 1. The second-order valence-corrected chi connectivity index (χ2v) is 5.30. The number of nitrogens with zero attached hydrogens (tertiary/aromatic N) is 1. The number of aromatic nitrogens is 1. The zero-order valence-electron chi connectivity index (χ0n) is 11.8. The van der Waals surface area contributed by atoms with E-state index in [2.05, 4.69) is 10.3 Å². The van der Waals surface area contributed by atoms with Crippen molar-refractivity contribution in [3.8, 4) is 11.5 Å². The second kappa shape index (κ2) is 5.73. The largest absolute Gasteiger partial charge is 0.454 e. The van der Waals surface area contributed by atoms with Crippen LogP contribution in [0.4, 0.5) is 5.82 Å². The molecule has 7 heteroatoms. The van der Waals surface area contributed by atoms with Crippen molar-refractivity contribution in [2.45, 2.75) is 13.0 Å². The number of benzene rings is 1. The molecule has 0 bridgehead atoms. The summed E-state index contributed by atoms with van der Waals surface area (Å²) in [5.41, 5.74) is 6.46. The number of rotatable bonds is 4. The van der Waals surface area contributed by atoms with Crippen molar-refractivity contribution in [2.75, 3.05) is 12.1 Å². The molecule has 0 radical (unpaired) electrons. The van der Waals surface area contributed by atoms with Gasteiger partial charge >= 0.3 is 0 Å². The van der Waals surface area contributed by atoms with Gasteiger partial charge in [-0.2, -0.15) is 0 Å². The normalized spacial score (nSPS) is 13.7. The van der Waals surface area contributed by atoms with Crippen LogP contribution in [0.1, 0.15) is 28.9 Å². The van der Waals surface area contributed by atoms with Gasteiger partial charge in [0.15, 0.2) is 11.5 Å². The number of amides is 1. The highest BCUT2D eigenvalue weighted by molar-refractivity contribution is 6.33. The summed E-state index contributed by atoms with van der Waals surface area (Å²) in [5.74, 6) is 1.37. The Morgan fingerprint density at radius 1 is 1.36 bits per heavy atom. The molecule has 1 aliphatic rings. The van der Waals surface area contributed by atoms with E-state index in [9.17, 15) is 4.79 Å². The van der Waals surface area contributed by atoms with Gasteiger partial charge in [0.05, 0.1) is 16.6 Å². The topological polar surface area (TPSA) is 86.5 Å². The minimum absolute atomic E-state index is 0.0565. The smallest absolute Gasteiger partial charge is 0.250 e. The van der Waals surface area contributed by atoms with Gasteiger partial charge in [0.25, 0.3) is 0 Å². The third-order valence-electron chi connectivity index (χ3n) is 3.38. The quantitative estimate of drug-likeness (QED) is 0.905. The maximum atomic E-state index is 11.1. The molecule has 1 amide bonds. The van der Waals surface area contributed by atoms with E-state index in [0.29, 0.717) is 16.6 Å². The molecule has 3 rings (SSSR count). The number of fused-ring (bicyclic) bond motifs is 1. The number of hydrogen-bond donors (Lipinski definition) is 2. The average molecular weight is 320 g/mol. The first kappa shape index (κ1) is 14.5. The fraction of sp³-hybridized carbons (Fsp3) is 0.200. The Kier molecular flexibility index (Phi) is 3.77. The van der Waals surface area contributed by atoms with Crippen molar-refractivity contribution in [1.82, 2.24) is 4.98 Å². The molecule has 1 atom stereocenters. The van der Waals surface area contributed by atoms with E-state index >= 15 is 0 Å². The van der Waals surface area contributed by atoms with Crippen LogP contribution in [-0.4, -0.2) is 17.7 Å². The van der Waals surface area contributed by atoms with Gasteiger partial charge in [-0.25, -0.2) is 4.98 Å². The fourth-order valence-corrected chi connectivity index (χ4v) is 2.37. The maximum Gasteiger partial charge on any atom is 0.250 e. The zero-order valence-corrected chi connectivity index (χ0v) is 12.6. The van der Waals surface area contributed by atoms with Crippen molar-refractivity contribution in [1.29, 1.82) is 0 Å². The summed E-state index contributed by atoms with van der Waals surface area (Å²) < 4.78 is 10.6. The minimum Gasteiger partial charge on any atom is -0.454 e. The Morgan fingerprint density at radius 2 is 2.14 bits per heavy atom. The molecule has 114 valence electrons. The summed E-state index contributed by atoms with van der Waals surface area (Å²) >= 11 is 6.12. The second-order valence-electron chi connectivity index (χ2n) is 4.90. The van der Waals surface area contributed by atoms with E-state index in [-0.39, 0.29) is 18.4 Å². The van der Waals surface area contributed by atoms with Crippen molar-refractivity contribution in [2.24, 2.45) is 5.73 Å². The number of carbonyl (C=O) groups excluding carboxylic acids is 1. The SMILES string of the molecule is C[C@@H](Nc1ncc(C(N)=O)cc1Cl)c1ccc2c(c1)OCO2. The summed E-state index contributed by atoms with van der Waals surface area (Å²) in [5, 5.41) is 3.53. The molecule has 1 aromatic heterocycles. The molecule has 6 nitrogen and oxygen atoms in total. The summed E-state index contributed by atoms with van der Waals surface area (Å²) in [6, 6.07) is 7.15. The molecule has 2 aromatic rings. The summed E-state index contributed by atoms with van der Waals surface area (Å²) in [7, 11) is 0. The van der Waals surface area contributed by atoms with Gasteiger partial charge in [-0.05, 0) is 30.7 Å². The number of nitrogens with one attached hydrogen (secondary N) is 1. The van der Waals surface area contributed by atoms with Crippen molar-refractivity contribution in [3.05, 3.63) is 46.6 Å². The number of pyridine rings is 1. The fourth-order valence-electron chi connectivity index (χ4n) is 2.15. The lowest BCUT2D eigenvalue weighted by Gasteiger charge is -2.16. The molecular weight excluding hydrogens is 306 g/mol. The van der Waals surface area contributed by atoms with Crippen LogP contribution in [0.5, 0.6) is 11.5 Å². The van der Waals surface area contributed by atoms with Crippen LogP contribution in [0.25, 0.3) is 0 Å². The van der Waals surface area contributed by atoms with E-state index in [1.165, 1.54) is 12.3 Å². The maximum absolute atomic E-state index is 11.1. The molecule has 3 N–H and O–H groups in total. The number of ether oxygens (including phenoxy) is 2. The van der Waals surface area contributed by atoms with E-state index < -0.39 is 5.91 Å². The van der Waals surface area contributed by atoms with E-state index in [1.807, 2.05) is 25.1 Å². The van der Waals surface area contributed by atoms with Crippen LogP contribution in [0.2, 0.25) is 5.02 Å². The van der Waals surface area contributed by atoms with E-state index in [4.69, 9.17) is 26.8 Å². The molecule has 22 heavy (non-hydrogen) atoms. The summed E-state index contributed by atoms with van der Waals surface area (Å²) in [6.45, 7) is 2.21. The highest BCUT2D eigenvalue weighted by Gasteiger charge is 2.17.